The van der Waals surface area contributed by atoms with E-state index in [0.717, 1.165) is 43.5 Å². The van der Waals surface area contributed by atoms with Gasteiger partial charge in [-0.15, -0.1) is 0 Å². The number of hydrogen-bond acceptors (Lipinski definition) is 4. The third-order valence-electron chi connectivity index (χ3n) is 5.42. The van der Waals surface area contributed by atoms with E-state index in [1.807, 2.05) is 25.1 Å². The standard InChI is InChI=1S/C19H28N2O3/c1-14-16(18(23)20-11-12-22)4-2-5-17(14)21-15-6-9-19(10-7-15)8-3-13-24-19/h2,4-5,15,21-22H,3,6-13H2,1H3,(H,20,23). The lowest BCUT2D eigenvalue weighted by atomic mass is 9.80. The summed E-state index contributed by atoms with van der Waals surface area (Å²) in [4.78, 5) is 12.2. The normalized spacial score (nSPS) is 26.5. The van der Waals surface area contributed by atoms with E-state index >= 15 is 0 Å². The van der Waals surface area contributed by atoms with Gasteiger partial charge in [0.1, 0.15) is 0 Å². The summed E-state index contributed by atoms with van der Waals surface area (Å²) in [5.41, 5.74) is 2.81. The molecule has 2 fully saturated rings. The average Bonchev–Trinajstić information content (AvgIpc) is 3.05. The van der Waals surface area contributed by atoms with E-state index in [9.17, 15) is 4.79 Å². The fraction of sp³-hybridized carbons (Fsp3) is 0.632. The van der Waals surface area contributed by atoms with Gasteiger partial charge in [0.25, 0.3) is 5.91 Å². The van der Waals surface area contributed by atoms with Crippen LogP contribution in [0, 0.1) is 6.92 Å². The van der Waals surface area contributed by atoms with Crippen LogP contribution in [0.4, 0.5) is 5.69 Å². The molecular formula is C19H28N2O3. The highest BCUT2D eigenvalue weighted by Crippen LogP contribution is 2.40. The van der Waals surface area contributed by atoms with Crippen molar-refractivity contribution in [3.63, 3.8) is 0 Å². The number of aliphatic hydroxyl groups is 1. The zero-order valence-corrected chi connectivity index (χ0v) is 14.4. The van der Waals surface area contributed by atoms with E-state index in [2.05, 4.69) is 10.6 Å². The summed E-state index contributed by atoms with van der Waals surface area (Å²) in [6.45, 7) is 3.12. The Morgan fingerprint density at radius 3 is 2.79 bits per heavy atom. The molecule has 1 aliphatic heterocycles. The first-order valence-electron chi connectivity index (χ1n) is 9.03. The molecule has 0 aromatic heterocycles. The number of carbonyl (C=O) groups is 1. The van der Waals surface area contributed by atoms with Crippen molar-refractivity contribution in [3.8, 4) is 0 Å². The molecule has 5 nitrogen and oxygen atoms in total. The lowest BCUT2D eigenvalue weighted by Crippen LogP contribution is -2.38. The van der Waals surface area contributed by atoms with Crippen LogP contribution in [-0.2, 0) is 4.74 Å². The van der Waals surface area contributed by atoms with Gasteiger partial charge in [-0.1, -0.05) is 6.07 Å². The lowest BCUT2D eigenvalue weighted by molar-refractivity contribution is -0.0263. The fourth-order valence-electron chi connectivity index (χ4n) is 3.96. The molecule has 1 aliphatic carbocycles. The third-order valence-corrected chi connectivity index (χ3v) is 5.42. The molecule has 5 heteroatoms. The number of aliphatic hydroxyl groups excluding tert-OH is 1. The van der Waals surface area contributed by atoms with Crippen LogP contribution in [0.15, 0.2) is 18.2 Å². The number of anilines is 1. The van der Waals surface area contributed by atoms with E-state index in [1.165, 1.54) is 12.8 Å². The molecule has 3 rings (SSSR count). The second kappa shape index (κ2) is 7.53. The molecule has 24 heavy (non-hydrogen) atoms. The molecule has 0 radical (unpaired) electrons. The van der Waals surface area contributed by atoms with Crippen LogP contribution in [0.5, 0.6) is 0 Å². The predicted octanol–water partition coefficient (Wildman–Crippen LogP) is 2.62. The molecule has 0 unspecified atom stereocenters. The van der Waals surface area contributed by atoms with Gasteiger partial charge in [-0.3, -0.25) is 4.79 Å². The molecule has 2 aliphatic rings. The molecule has 1 heterocycles. The summed E-state index contributed by atoms with van der Waals surface area (Å²) in [5.74, 6) is -0.132. The second-order valence-electron chi connectivity index (χ2n) is 7.01. The van der Waals surface area contributed by atoms with E-state index in [4.69, 9.17) is 9.84 Å². The van der Waals surface area contributed by atoms with Crippen molar-refractivity contribution >= 4 is 11.6 Å². The van der Waals surface area contributed by atoms with Gasteiger partial charge in [0, 0.05) is 30.4 Å². The minimum atomic E-state index is -0.132. The van der Waals surface area contributed by atoms with Crippen molar-refractivity contribution in [1.82, 2.24) is 5.32 Å². The molecule has 0 bridgehead atoms. The third kappa shape index (κ3) is 3.73. The lowest BCUT2D eigenvalue weighted by Gasteiger charge is -2.37. The molecule has 3 N–H and O–H groups in total. The second-order valence-corrected chi connectivity index (χ2v) is 7.01. The molecule has 1 amide bonds. The number of carbonyl (C=O) groups excluding carboxylic acids is 1. The number of nitrogens with one attached hydrogen (secondary N) is 2. The van der Waals surface area contributed by atoms with E-state index in [-0.39, 0.29) is 24.7 Å². The van der Waals surface area contributed by atoms with E-state index in [1.54, 1.807) is 0 Å². The zero-order valence-electron chi connectivity index (χ0n) is 14.4. The van der Waals surface area contributed by atoms with Gasteiger partial charge < -0.3 is 20.5 Å². The number of ether oxygens (including phenoxy) is 1. The quantitative estimate of drug-likeness (QED) is 0.775. The minimum absolute atomic E-state index is 0.0470. The smallest absolute Gasteiger partial charge is 0.251 e. The van der Waals surface area contributed by atoms with Crippen molar-refractivity contribution in [2.45, 2.75) is 57.1 Å². The Morgan fingerprint density at radius 2 is 2.12 bits per heavy atom. The average molecular weight is 332 g/mol. The van der Waals surface area contributed by atoms with Crippen LogP contribution in [0.3, 0.4) is 0 Å². The van der Waals surface area contributed by atoms with Crippen LogP contribution in [0.25, 0.3) is 0 Å². The maximum absolute atomic E-state index is 12.2. The Kier molecular flexibility index (Phi) is 5.41. The molecule has 1 aromatic rings. The van der Waals surface area contributed by atoms with Crippen molar-refractivity contribution in [2.24, 2.45) is 0 Å². The highest BCUT2D eigenvalue weighted by Gasteiger charge is 2.38. The molecular weight excluding hydrogens is 304 g/mol. The molecule has 132 valence electrons. The van der Waals surface area contributed by atoms with Crippen molar-refractivity contribution in [2.75, 3.05) is 25.1 Å². The first kappa shape index (κ1) is 17.2. The Labute approximate surface area is 143 Å². The molecule has 1 saturated heterocycles. The molecule has 0 atom stereocenters. The number of amides is 1. The highest BCUT2D eigenvalue weighted by atomic mass is 16.5. The van der Waals surface area contributed by atoms with Crippen LogP contribution in [0.1, 0.15) is 54.4 Å². The highest BCUT2D eigenvalue weighted by molar-refractivity contribution is 5.97. The number of rotatable bonds is 5. The van der Waals surface area contributed by atoms with Gasteiger partial charge in [-0.2, -0.15) is 0 Å². The first-order chi connectivity index (χ1) is 11.6. The van der Waals surface area contributed by atoms with Gasteiger partial charge in [-0.25, -0.2) is 0 Å². The Hall–Kier alpha value is -1.59. The number of benzene rings is 1. The van der Waals surface area contributed by atoms with Gasteiger partial charge >= 0.3 is 0 Å². The monoisotopic (exact) mass is 332 g/mol. The summed E-state index contributed by atoms with van der Waals surface area (Å²) in [5, 5.41) is 15.2. The van der Waals surface area contributed by atoms with Crippen LogP contribution < -0.4 is 10.6 Å². The predicted molar refractivity (Wildman–Crippen MR) is 94.4 cm³/mol. The number of hydrogen-bond donors (Lipinski definition) is 3. The molecule has 1 aromatic carbocycles. The molecule has 1 spiro atoms. The molecule has 1 saturated carbocycles. The maximum atomic E-state index is 12.2. The maximum Gasteiger partial charge on any atom is 0.251 e. The summed E-state index contributed by atoms with van der Waals surface area (Å²) >= 11 is 0. The largest absolute Gasteiger partial charge is 0.395 e. The fourth-order valence-corrected chi connectivity index (χ4v) is 3.96. The van der Waals surface area contributed by atoms with Crippen molar-refractivity contribution < 1.29 is 14.6 Å². The summed E-state index contributed by atoms with van der Waals surface area (Å²) < 4.78 is 5.99. The SMILES string of the molecule is Cc1c(NC2CCC3(CCCO3)CC2)cccc1C(=O)NCCO. The summed E-state index contributed by atoms with van der Waals surface area (Å²) in [7, 11) is 0. The van der Waals surface area contributed by atoms with Crippen LogP contribution in [0.2, 0.25) is 0 Å². The van der Waals surface area contributed by atoms with Gasteiger partial charge in [0.05, 0.1) is 12.2 Å². The first-order valence-corrected chi connectivity index (χ1v) is 9.03. The van der Waals surface area contributed by atoms with Crippen LogP contribution in [-0.4, -0.2) is 42.4 Å². The van der Waals surface area contributed by atoms with Crippen molar-refractivity contribution in [1.29, 1.82) is 0 Å². The zero-order chi connectivity index (χ0) is 17.0. The van der Waals surface area contributed by atoms with E-state index in [0.29, 0.717) is 11.6 Å². The Balaban J connectivity index is 1.62. The van der Waals surface area contributed by atoms with Gasteiger partial charge in [-0.05, 0) is 63.1 Å². The summed E-state index contributed by atoms with van der Waals surface area (Å²) in [6.07, 6.45) is 6.88. The van der Waals surface area contributed by atoms with Gasteiger partial charge in [0.15, 0.2) is 0 Å². The topological polar surface area (TPSA) is 70.6 Å². The van der Waals surface area contributed by atoms with E-state index < -0.39 is 0 Å². The van der Waals surface area contributed by atoms with Crippen LogP contribution >= 0.6 is 0 Å². The summed E-state index contributed by atoms with van der Waals surface area (Å²) in [6, 6.07) is 6.21. The van der Waals surface area contributed by atoms with Crippen molar-refractivity contribution in [3.05, 3.63) is 29.3 Å². The minimum Gasteiger partial charge on any atom is -0.395 e. The Morgan fingerprint density at radius 1 is 1.33 bits per heavy atom. The Bertz CT molecular complexity index is 572. The van der Waals surface area contributed by atoms with Gasteiger partial charge in [0.2, 0.25) is 0 Å².